The van der Waals surface area contributed by atoms with Crippen LogP contribution < -0.4 is 5.32 Å². The number of hydrogen-bond donors (Lipinski definition) is 1. The van der Waals surface area contributed by atoms with Crippen molar-refractivity contribution >= 4 is 17.4 Å². The van der Waals surface area contributed by atoms with Crippen LogP contribution in [0.4, 0.5) is 19.0 Å². The molecule has 0 aliphatic heterocycles. The molecule has 1 aromatic heterocycles. The number of nitrogens with one attached hydrogen (secondary N) is 1. The highest BCUT2D eigenvalue weighted by Gasteiger charge is 2.29. The number of alkyl halides is 3. The van der Waals surface area contributed by atoms with E-state index >= 15 is 0 Å². The highest BCUT2D eigenvalue weighted by atomic mass is 35.5. The molecule has 1 N–H and O–H groups in total. The fourth-order valence-electron chi connectivity index (χ4n) is 1.62. The molecule has 0 aliphatic carbocycles. The molecular weight excluding hydrogens is 303 g/mol. The van der Waals surface area contributed by atoms with E-state index in [0.29, 0.717) is 11.4 Å². The van der Waals surface area contributed by atoms with E-state index < -0.39 is 11.7 Å². The first-order valence-corrected chi connectivity index (χ1v) is 6.24. The van der Waals surface area contributed by atoms with E-state index in [4.69, 9.17) is 16.9 Å². The summed E-state index contributed by atoms with van der Waals surface area (Å²) in [7, 11) is 0. The molecule has 1 aromatic carbocycles. The molecule has 0 aliphatic rings. The standard InChI is InChI=1S/C14H9ClF3N3/c15-11-5-6-13(21-12(11)7-19)20-8-9-1-3-10(4-2-9)14(16,17)18/h1-6H,8H2,(H,20,21). The second-order valence-corrected chi connectivity index (χ2v) is 4.59. The minimum atomic E-state index is -4.34. The van der Waals surface area contributed by atoms with Crippen molar-refractivity contribution in [2.24, 2.45) is 0 Å². The van der Waals surface area contributed by atoms with Gasteiger partial charge < -0.3 is 5.32 Å². The molecule has 0 amide bonds. The Morgan fingerprint density at radius 3 is 2.38 bits per heavy atom. The normalized spacial score (nSPS) is 11.0. The van der Waals surface area contributed by atoms with E-state index in [-0.39, 0.29) is 17.3 Å². The highest BCUT2D eigenvalue weighted by Crippen LogP contribution is 2.29. The number of nitriles is 1. The topological polar surface area (TPSA) is 48.7 Å². The number of benzene rings is 1. The predicted octanol–water partition coefficient (Wildman–Crippen LogP) is 4.24. The van der Waals surface area contributed by atoms with E-state index in [9.17, 15) is 13.2 Å². The van der Waals surface area contributed by atoms with Gasteiger partial charge in [-0.25, -0.2) is 4.98 Å². The Labute approximate surface area is 124 Å². The van der Waals surface area contributed by atoms with E-state index in [0.717, 1.165) is 12.1 Å². The second kappa shape index (κ2) is 6.02. The summed E-state index contributed by atoms with van der Waals surface area (Å²) in [4.78, 5) is 3.98. The summed E-state index contributed by atoms with van der Waals surface area (Å²) in [5, 5.41) is 12.0. The molecule has 0 atom stereocenters. The van der Waals surface area contributed by atoms with Gasteiger partial charge in [0.1, 0.15) is 11.9 Å². The Kier molecular flexibility index (Phi) is 4.34. The zero-order valence-electron chi connectivity index (χ0n) is 10.6. The lowest BCUT2D eigenvalue weighted by molar-refractivity contribution is -0.137. The molecule has 0 saturated carbocycles. The second-order valence-electron chi connectivity index (χ2n) is 4.19. The quantitative estimate of drug-likeness (QED) is 0.922. The Morgan fingerprint density at radius 2 is 1.81 bits per heavy atom. The summed E-state index contributed by atoms with van der Waals surface area (Å²) in [6.45, 7) is 0.289. The SMILES string of the molecule is N#Cc1nc(NCc2ccc(C(F)(F)F)cc2)ccc1Cl. The maximum absolute atomic E-state index is 12.4. The van der Waals surface area contributed by atoms with Crippen LogP contribution in [0.2, 0.25) is 5.02 Å². The molecule has 21 heavy (non-hydrogen) atoms. The molecule has 2 rings (SSSR count). The van der Waals surface area contributed by atoms with Crippen molar-refractivity contribution in [2.75, 3.05) is 5.32 Å². The van der Waals surface area contributed by atoms with Crippen molar-refractivity contribution in [2.45, 2.75) is 12.7 Å². The van der Waals surface area contributed by atoms with Gasteiger partial charge >= 0.3 is 6.18 Å². The predicted molar refractivity (Wildman–Crippen MR) is 72.7 cm³/mol. The van der Waals surface area contributed by atoms with Crippen LogP contribution in [0.1, 0.15) is 16.8 Å². The maximum Gasteiger partial charge on any atom is 0.416 e. The minimum Gasteiger partial charge on any atom is -0.366 e. The van der Waals surface area contributed by atoms with Gasteiger partial charge in [-0.1, -0.05) is 23.7 Å². The number of hydrogen-bond acceptors (Lipinski definition) is 3. The van der Waals surface area contributed by atoms with Gasteiger partial charge in [-0.2, -0.15) is 18.4 Å². The summed E-state index contributed by atoms with van der Waals surface area (Å²) >= 11 is 5.75. The summed E-state index contributed by atoms with van der Waals surface area (Å²) in [6.07, 6.45) is -4.34. The number of nitrogens with zero attached hydrogens (tertiary/aromatic N) is 2. The number of halogens is 4. The Bertz CT molecular complexity index is 675. The summed E-state index contributed by atoms with van der Waals surface area (Å²) in [5.41, 5.74) is 0.0648. The third-order valence-electron chi connectivity index (χ3n) is 2.71. The van der Waals surface area contributed by atoms with Gasteiger partial charge in [0.2, 0.25) is 0 Å². The zero-order chi connectivity index (χ0) is 15.5. The van der Waals surface area contributed by atoms with Crippen LogP contribution in [0.3, 0.4) is 0 Å². The van der Waals surface area contributed by atoms with Gasteiger partial charge in [0.05, 0.1) is 10.6 Å². The molecule has 7 heteroatoms. The lowest BCUT2D eigenvalue weighted by Crippen LogP contribution is -2.06. The monoisotopic (exact) mass is 311 g/mol. The summed E-state index contributed by atoms with van der Waals surface area (Å²) in [5.74, 6) is 0.427. The van der Waals surface area contributed by atoms with Crippen molar-refractivity contribution in [1.82, 2.24) is 4.98 Å². The molecule has 0 unspecified atom stereocenters. The lowest BCUT2D eigenvalue weighted by atomic mass is 10.1. The molecule has 2 aromatic rings. The molecule has 0 saturated heterocycles. The number of aromatic nitrogens is 1. The van der Waals surface area contributed by atoms with Crippen LogP contribution in [0.25, 0.3) is 0 Å². The van der Waals surface area contributed by atoms with Crippen LogP contribution in [-0.2, 0) is 12.7 Å². The highest BCUT2D eigenvalue weighted by molar-refractivity contribution is 6.31. The number of rotatable bonds is 3. The first-order chi connectivity index (χ1) is 9.90. The van der Waals surface area contributed by atoms with Crippen LogP contribution >= 0.6 is 11.6 Å². The zero-order valence-corrected chi connectivity index (χ0v) is 11.3. The fourth-order valence-corrected chi connectivity index (χ4v) is 1.77. The minimum absolute atomic E-state index is 0.0917. The molecule has 0 fully saturated rings. The van der Waals surface area contributed by atoms with Crippen LogP contribution in [0.5, 0.6) is 0 Å². The average Bonchev–Trinajstić information content (AvgIpc) is 2.46. The third kappa shape index (κ3) is 3.86. The first-order valence-electron chi connectivity index (χ1n) is 5.87. The van der Waals surface area contributed by atoms with Gasteiger partial charge in [0.15, 0.2) is 5.69 Å². The number of pyridine rings is 1. The van der Waals surface area contributed by atoms with E-state index in [1.165, 1.54) is 18.2 Å². The number of anilines is 1. The van der Waals surface area contributed by atoms with Gasteiger partial charge in [0, 0.05) is 6.54 Å². The fraction of sp³-hybridized carbons (Fsp3) is 0.143. The smallest absolute Gasteiger partial charge is 0.366 e. The largest absolute Gasteiger partial charge is 0.416 e. The third-order valence-corrected chi connectivity index (χ3v) is 3.01. The van der Waals surface area contributed by atoms with E-state index in [1.807, 2.05) is 6.07 Å². The molecule has 0 spiro atoms. The Hall–Kier alpha value is -2.26. The van der Waals surface area contributed by atoms with Crippen molar-refractivity contribution in [3.05, 3.63) is 58.2 Å². The molecule has 0 bridgehead atoms. The molecule has 1 heterocycles. The van der Waals surface area contributed by atoms with Gasteiger partial charge in [-0.15, -0.1) is 0 Å². The van der Waals surface area contributed by atoms with Crippen molar-refractivity contribution < 1.29 is 13.2 Å². The van der Waals surface area contributed by atoms with Gasteiger partial charge in [-0.05, 0) is 29.8 Å². The molecule has 3 nitrogen and oxygen atoms in total. The Balaban J connectivity index is 2.05. The van der Waals surface area contributed by atoms with Crippen molar-refractivity contribution in [3.63, 3.8) is 0 Å². The molecule has 108 valence electrons. The van der Waals surface area contributed by atoms with Crippen LogP contribution in [-0.4, -0.2) is 4.98 Å². The maximum atomic E-state index is 12.4. The van der Waals surface area contributed by atoms with Gasteiger partial charge in [0.25, 0.3) is 0 Å². The summed E-state index contributed by atoms with van der Waals surface area (Å²) in [6, 6.07) is 9.78. The van der Waals surface area contributed by atoms with Crippen LogP contribution in [0.15, 0.2) is 36.4 Å². The average molecular weight is 312 g/mol. The molecular formula is C14H9ClF3N3. The first kappa shape index (κ1) is 15.1. The molecule has 0 radical (unpaired) electrons. The van der Waals surface area contributed by atoms with Crippen molar-refractivity contribution in [1.29, 1.82) is 5.26 Å². The summed E-state index contributed by atoms with van der Waals surface area (Å²) < 4.78 is 37.3. The lowest BCUT2D eigenvalue weighted by Gasteiger charge is -2.09. The van der Waals surface area contributed by atoms with E-state index in [2.05, 4.69) is 10.3 Å². The van der Waals surface area contributed by atoms with Crippen LogP contribution in [0, 0.1) is 11.3 Å². The van der Waals surface area contributed by atoms with Crippen molar-refractivity contribution in [3.8, 4) is 6.07 Å². The van der Waals surface area contributed by atoms with Gasteiger partial charge in [-0.3, -0.25) is 0 Å². The van der Waals surface area contributed by atoms with E-state index in [1.54, 1.807) is 6.07 Å². The Morgan fingerprint density at radius 1 is 1.14 bits per heavy atom.